The van der Waals surface area contributed by atoms with Crippen molar-refractivity contribution in [1.29, 1.82) is 0 Å². The van der Waals surface area contributed by atoms with Crippen molar-refractivity contribution in [2.75, 3.05) is 7.11 Å². The molecule has 0 amide bonds. The SMILES string of the molecule is CCC1=CC(C)C(O)(C(C)C(=O)OC2CC3(C(C)C(=O)OC)CCC2(CC)O3)CC1. The van der Waals surface area contributed by atoms with Gasteiger partial charge in [0.15, 0.2) is 0 Å². The number of hydrogen-bond acceptors (Lipinski definition) is 6. The second kappa shape index (κ2) is 8.27. The quantitative estimate of drug-likeness (QED) is 0.494. The lowest BCUT2D eigenvalue weighted by Crippen LogP contribution is -2.50. The molecule has 6 heteroatoms. The van der Waals surface area contributed by atoms with Gasteiger partial charge in [-0.15, -0.1) is 0 Å². The van der Waals surface area contributed by atoms with Crippen LogP contribution in [0.4, 0.5) is 0 Å². The molecule has 1 N–H and O–H groups in total. The van der Waals surface area contributed by atoms with E-state index in [1.807, 2.05) is 20.8 Å². The first-order chi connectivity index (χ1) is 14.1. The number of esters is 2. The van der Waals surface area contributed by atoms with Crippen molar-refractivity contribution in [3.63, 3.8) is 0 Å². The van der Waals surface area contributed by atoms with Crippen molar-refractivity contribution in [3.8, 4) is 0 Å². The van der Waals surface area contributed by atoms with Gasteiger partial charge in [0.25, 0.3) is 0 Å². The van der Waals surface area contributed by atoms with Crippen LogP contribution >= 0.6 is 0 Å². The summed E-state index contributed by atoms with van der Waals surface area (Å²) < 4.78 is 17.4. The predicted molar refractivity (Wildman–Crippen MR) is 113 cm³/mol. The van der Waals surface area contributed by atoms with Gasteiger partial charge in [0.05, 0.1) is 30.1 Å². The molecule has 0 spiro atoms. The molecular weight excluding hydrogens is 384 g/mol. The van der Waals surface area contributed by atoms with Crippen LogP contribution in [0.25, 0.3) is 0 Å². The van der Waals surface area contributed by atoms with Gasteiger partial charge in [0, 0.05) is 12.3 Å². The Morgan fingerprint density at radius 1 is 1.20 bits per heavy atom. The van der Waals surface area contributed by atoms with Crippen LogP contribution in [-0.4, -0.2) is 47.1 Å². The lowest BCUT2D eigenvalue weighted by atomic mass is 9.70. The third kappa shape index (κ3) is 3.60. The average molecular weight is 423 g/mol. The Labute approximate surface area is 180 Å². The fraction of sp³-hybridized carbons (Fsp3) is 0.833. The highest BCUT2D eigenvalue weighted by atomic mass is 16.6. The number of fused-ring (bicyclic) bond motifs is 2. The summed E-state index contributed by atoms with van der Waals surface area (Å²) in [6.45, 7) is 9.71. The maximum absolute atomic E-state index is 13.1. The van der Waals surface area contributed by atoms with E-state index in [0.717, 1.165) is 25.7 Å². The van der Waals surface area contributed by atoms with E-state index in [9.17, 15) is 14.7 Å². The zero-order valence-electron chi connectivity index (χ0n) is 19.3. The number of ether oxygens (including phenoxy) is 3. The third-order valence-corrected chi connectivity index (χ3v) is 8.37. The van der Waals surface area contributed by atoms with E-state index >= 15 is 0 Å². The van der Waals surface area contributed by atoms with E-state index in [4.69, 9.17) is 14.2 Å². The molecule has 2 saturated heterocycles. The Bertz CT molecular complexity index is 716. The van der Waals surface area contributed by atoms with Crippen LogP contribution in [0.2, 0.25) is 0 Å². The number of hydrogen-bond donors (Lipinski definition) is 1. The first-order valence-corrected chi connectivity index (χ1v) is 11.5. The minimum Gasteiger partial charge on any atom is -0.469 e. The maximum atomic E-state index is 13.1. The minimum atomic E-state index is -1.11. The number of rotatable bonds is 7. The van der Waals surface area contributed by atoms with E-state index in [-0.39, 0.29) is 17.9 Å². The number of aliphatic hydroxyl groups is 1. The van der Waals surface area contributed by atoms with Crippen LogP contribution in [0.5, 0.6) is 0 Å². The van der Waals surface area contributed by atoms with E-state index in [1.165, 1.54) is 12.7 Å². The number of carbonyl (C=O) groups is 2. The molecule has 0 aromatic heterocycles. The molecule has 30 heavy (non-hydrogen) atoms. The smallest absolute Gasteiger partial charge is 0.311 e. The Balaban J connectivity index is 1.75. The Hall–Kier alpha value is -1.40. The van der Waals surface area contributed by atoms with Crippen molar-refractivity contribution < 1.29 is 28.9 Å². The summed E-state index contributed by atoms with van der Waals surface area (Å²) in [6, 6.07) is 0. The van der Waals surface area contributed by atoms with Gasteiger partial charge >= 0.3 is 11.9 Å². The van der Waals surface area contributed by atoms with Gasteiger partial charge in [0.2, 0.25) is 0 Å². The molecule has 1 aliphatic carbocycles. The molecule has 2 bridgehead atoms. The second-order valence-corrected chi connectivity index (χ2v) is 9.64. The average Bonchev–Trinajstić information content (AvgIpc) is 3.29. The first kappa shape index (κ1) is 23.3. The first-order valence-electron chi connectivity index (χ1n) is 11.5. The van der Waals surface area contributed by atoms with Gasteiger partial charge in [-0.1, -0.05) is 32.4 Å². The Morgan fingerprint density at radius 2 is 1.90 bits per heavy atom. The molecule has 170 valence electrons. The zero-order chi connectivity index (χ0) is 22.3. The summed E-state index contributed by atoms with van der Waals surface area (Å²) in [4.78, 5) is 25.3. The van der Waals surface area contributed by atoms with Crippen molar-refractivity contribution >= 4 is 11.9 Å². The summed E-state index contributed by atoms with van der Waals surface area (Å²) in [5, 5.41) is 11.3. The van der Waals surface area contributed by atoms with Crippen molar-refractivity contribution in [2.45, 2.75) is 102 Å². The fourth-order valence-corrected chi connectivity index (χ4v) is 5.82. The molecule has 0 aromatic rings. The second-order valence-electron chi connectivity index (χ2n) is 9.64. The highest BCUT2D eigenvalue weighted by molar-refractivity contribution is 5.75. The molecule has 0 radical (unpaired) electrons. The molecule has 2 aliphatic heterocycles. The molecule has 2 heterocycles. The molecular formula is C24H38O6. The lowest BCUT2D eigenvalue weighted by Gasteiger charge is -2.41. The predicted octanol–water partition coefficient (Wildman–Crippen LogP) is 3.94. The summed E-state index contributed by atoms with van der Waals surface area (Å²) in [5.41, 5.74) is -0.985. The fourth-order valence-electron chi connectivity index (χ4n) is 5.82. The molecule has 0 saturated carbocycles. The van der Waals surface area contributed by atoms with Gasteiger partial charge < -0.3 is 19.3 Å². The molecule has 7 unspecified atom stereocenters. The molecule has 3 aliphatic rings. The van der Waals surface area contributed by atoms with Crippen molar-refractivity contribution in [1.82, 2.24) is 0 Å². The number of methoxy groups -OCH3 is 1. The Kier molecular flexibility index (Phi) is 6.41. The van der Waals surface area contributed by atoms with Gasteiger partial charge in [-0.2, -0.15) is 0 Å². The zero-order valence-corrected chi connectivity index (χ0v) is 19.3. The van der Waals surface area contributed by atoms with E-state index in [2.05, 4.69) is 13.0 Å². The van der Waals surface area contributed by atoms with Crippen LogP contribution in [0, 0.1) is 17.8 Å². The molecule has 7 atom stereocenters. The van der Waals surface area contributed by atoms with Gasteiger partial charge in [0.1, 0.15) is 11.7 Å². The van der Waals surface area contributed by atoms with Gasteiger partial charge in [-0.05, 0) is 52.4 Å². The molecule has 2 fully saturated rings. The van der Waals surface area contributed by atoms with Crippen molar-refractivity contribution in [2.24, 2.45) is 17.8 Å². The highest BCUT2D eigenvalue weighted by Gasteiger charge is 2.65. The van der Waals surface area contributed by atoms with E-state index < -0.39 is 34.7 Å². The standard InChI is InChI=1S/C24H38O6/c1-7-18-9-10-24(27,15(3)13-18)17(5)21(26)29-19-14-23(16(4)20(25)28-6)12-11-22(19,8-2)30-23/h13,15-17,19,27H,7-12,14H2,1-6H3. The van der Waals surface area contributed by atoms with Crippen LogP contribution in [0.15, 0.2) is 11.6 Å². The maximum Gasteiger partial charge on any atom is 0.311 e. The topological polar surface area (TPSA) is 82.1 Å². The van der Waals surface area contributed by atoms with E-state index in [0.29, 0.717) is 19.3 Å². The van der Waals surface area contributed by atoms with Crippen molar-refractivity contribution in [3.05, 3.63) is 11.6 Å². The monoisotopic (exact) mass is 422 g/mol. The summed E-state index contributed by atoms with van der Waals surface area (Å²) in [7, 11) is 1.38. The normalized spacial score (nSPS) is 39.9. The number of allylic oxidation sites excluding steroid dienone is 1. The van der Waals surface area contributed by atoms with Crippen LogP contribution in [-0.2, 0) is 23.8 Å². The lowest BCUT2D eigenvalue weighted by molar-refractivity contribution is -0.176. The van der Waals surface area contributed by atoms with Gasteiger partial charge in [-0.25, -0.2) is 0 Å². The molecule has 3 rings (SSSR count). The number of carbonyl (C=O) groups excluding carboxylic acids is 2. The van der Waals surface area contributed by atoms with Gasteiger partial charge in [-0.3, -0.25) is 9.59 Å². The largest absolute Gasteiger partial charge is 0.469 e. The van der Waals surface area contributed by atoms with Crippen LogP contribution in [0.1, 0.15) is 79.6 Å². The molecule has 6 nitrogen and oxygen atoms in total. The highest BCUT2D eigenvalue weighted by Crippen LogP contribution is 2.57. The summed E-state index contributed by atoms with van der Waals surface area (Å²) >= 11 is 0. The summed E-state index contributed by atoms with van der Waals surface area (Å²) in [5.74, 6) is -1.84. The Morgan fingerprint density at radius 3 is 2.47 bits per heavy atom. The summed E-state index contributed by atoms with van der Waals surface area (Å²) in [6.07, 6.45) is 6.73. The van der Waals surface area contributed by atoms with E-state index in [1.54, 1.807) is 6.92 Å². The van der Waals surface area contributed by atoms with Crippen LogP contribution < -0.4 is 0 Å². The molecule has 0 aromatic carbocycles. The third-order valence-electron chi connectivity index (χ3n) is 8.37. The minimum absolute atomic E-state index is 0.106. The van der Waals surface area contributed by atoms with Crippen LogP contribution in [0.3, 0.4) is 0 Å².